The van der Waals surface area contributed by atoms with E-state index in [4.69, 9.17) is 4.42 Å². The zero-order valence-corrected chi connectivity index (χ0v) is 12.4. The van der Waals surface area contributed by atoms with E-state index in [0.717, 1.165) is 17.7 Å². The highest BCUT2D eigenvalue weighted by Gasteiger charge is 2.19. The van der Waals surface area contributed by atoms with Gasteiger partial charge in [-0.2, -0.15) is 5.10 Å². The smallest absolute Gasteiger partial charge is 0.262 e. The van der Waals surface area contributed by atoms with Gasteiger partial charge in [-0.15, -0.1) is 0 Å². The Balaban J connectivity index is 2.10. The molecule has 0 radical (unpaired) electrons. The Morgan fingerprint density at radius 2 is 2.00 bits per heavy atom. The van der Waals surface area contributed by atoms with Gasteiger partial charge in [-0.1, -0.05) is 18.2 Å². The maximum atomic E-state index is 11.4. The molecule has 0 aliphatic heterocycles. The maximum absolute atomic E-state index is 11.4. The van der Waals surface area contributed by atoms with Crippen molar-refractivity contribution in [1.29, 1.82) is 0 Å². The van der Waals surface area contributed by atoms with E-state index >= 15 is 0 Å². The number of aromatic nitrogens is 3. The molecule has 0 saturated carbocycles. The monoisotopic (exact) mass is 299 g/mol. The number of hydrogen-bond donors (Lipinski definition) is 0. The van der Waals surface area contributed by atoms with E-state index in [-0.39, 0.29) is 0 Å². The number of para-hydroxylation sites is 1. The van der Waals surface area contributed by atoms with E-state index in [1.165, 1.54) is 11.8 Å². The number of aryl methyl sites for hydroxylation is 2. The molecule has 3 aromatic rings. The zero-order chi connectivity index (χ0) is 14.8. The summed E-state index contributed by atoms with van der Waals surface area (Å²) >= 11 is 1.29. The molecule has 0 saturated heterocycles. The Labute approximate surface area is 126 Å². The lowest BCUT2D eigenvalue weighted by Crippen LogP contribution is -1.98. The molecule has 0 unspecified atom stereocenters. The Morgan fingerprint density at radius 1 is 1.24 bits per heavy atom. The fraction of sp³-hybridized carbons (Fsp3) is 0.133. The van der Waals surface area contributed by atoms with Gasteiger partial charge in [0.05, 0.1) is 22.6 Å². The van der Waals surface area contributed by atoms with Crippen LogP contribution in [0.15, 0.2) is 51.3 Å². The van der Waals surface area contributed by atoms with Crippen LogP contribution in [0.25, 0.3) is 5.69 Å². The lowest BCUT2D eigenvalue weighted by atomic mass is 10.3. The molecule has 1 aromatic carbocycles. The van der Waals surface area contributed by atoms with E-state index < -0.39 is 0 Å². The largest absolute Gasteiger partial charge is 0.439 e. The van der Waals surface area contributed by atoms with E-state index in [9.17, 15) is 4.79 Å². The number of hydrogen-bond acceptors (Lipinski definition) is 5. The summed E-state index contributed by atoms with van der Waals surface area (Å²) in [7, 11) is 0. The molecule has 0 N–H and O–H groups in total. The van der Waals surface area contributed by atoms with E-state index in [0.29, 0.717) is 21.5 Å². The van der Waals surface area contributed by atoms with Gasteiger partial charge in [0.1, 0.15) is 11.3 Å². The number of carbonyl (C=O) groups excluding carboxylic acids is 1. The first kappa shape index (κ1) is 13.6. The predicted octanol–water partition coefficient (Wildman–Crippen LogP) is 3.44. The van der Waals surface area contributed by atoms with Gasteiger partial charge in [-0.05, 0) is 37.7 Å². The number of benzene rings is 1. The summed E-state index contributed by atoms with van der Waals surface area (Å²) in [5.41, 5.74) is 2.92. The van der Waals surface area contributed by atoms with Crippen LogP contribution in [0, 0.1) is 13.8 Å². The molecule has 5 nitrogen and oxygen atoms in total. The second-order valence-electron chi connectivity index (χ2n) is 4.53. The van der Waals surface area contributed by atoms with Gasteiger partial charge >= 0.3 is 0 Å². The summed E-state index contributed by atoms with van der Waals surface area (Å²) in [6.45, 7) is 3.67. The van der Waals surface area contributed by atoms with Crippen LogP contribution in [0.2, 0.25) is 0 Å². The number of nitrogens with zero attached hydrogens (tertiary/aromatic N) is 3. The summed E-state index contributed by atoms with van der Waals surface area (Å²) < 4.78 is 7.10. The molecule has 2 aromatic heterocycles. The Bertz CT molecular complexity index is 778. The van der Waals surface area contributed by atoms with Crippen molar-refractivity contribution in [3.05, 3.63) is 53.5 Å². The number of oxazole rings is 1. The third kappa shape index (κ3) is 2.62. The second-order valence-corrected chi connectivity index (χ2v) is 5.47. The van der Waals surface area contributed by atoms with Crippen LogP contribution in [0.5, 0.6) is 0 Å². The topological polar surface area (TPSA) is 60.9 Å². The Kier molecular flexibility index (Phi) is 3.62. The predicted molar refractivity (Wildman–Crippen MR) is 79.1 cm³/mol. The first-order valence-electron chi connectivity index (χ1n) is 6.39. The Morgan fingerprint density at radius 3 is 2.62 bits per heavy atom. The van der Waals surface area contributed by atoms with Crippen LogP contribution in [0.3, 0.4) is 0 Å². The highest BCUT2D eigenvalue weighted by atomic mass is 32.2. The first-order chi connectivity index (χ1) is 10.2. The summed E-state index contributed by atoms with van der Waals surface area (Å²) in [6.07, 6.45) is 2.40. The van der Waals surface area contributed by atoms with Gasteiger partial charge in [-0.25, -0.2) is 9.67 Å². The van der Waals surface area contributed by atoms with E-state index in [2.05, 4.69) is 10.1 Å². The highest BCUT2D eigenvalue weighted by molar-refractivity contribution is 7.99. The van der Waals surface area contributed by atoms with Gasteiger partial charge < -0.3 is 4.42 Å². The normalized spacial score (nSPS) is 10.8. The molecule has 0 aliphatic rings. The summed E-state index contributed by atoms with van der Waals surface area (Å²) in [5.74, 6) is 0. The number of aldehydes is 1. The van der Waals surface area contributed by atoms with Crippen molar-refractivity contribution in [1.82, 2.24) is 14.8 Å². The minimum atomic E-state index is 0.493. The molecule has 0 atom stereocenters. The molecular weight excluding hydrogens is 286 g/mol. The van der Waals surface area contributed by atoms with Crippen molar-refractivity contribution >= 4 is 18.0 Å². The summed E-state index contributed by atoms with van der Waals surface area (Å²) in [6, 6.07) is 9.66. The summed E-state index contributed by atoms with van der Waals surface area (Å²) in [4.78, 5) is 15.6. The molecule has 3 rings (SSSR count). The van der Waals surface area contributed by atoms with Gasteiger partial charge in [0, 0.05) is 0 Å². The molecule has 0 amide bonds. The van der Waals surface area contributed by atoms with Crippen LogP contribution in [-0.2, 0) is 0 Å². The first-order valence-corrected chi connectivity index (χ1v) is 7.21. The molecule has 2 heterocycles. The molecule has 0 aliphatic carbocycles. The van der Waals surface area contributed by atoms with Crippen LogP contribution >= 0.6 is 11.8 Å². The average molecular weight is 299 g/mol. The maximum Gasteiger partial charge on any atom is 0.262 e. The fourth-order valence-corrected chi connectivity index (χ4v) is 2.95. The lowest BCUT2D eigenvalue weighted by Gasteiger charge is -2.05. The molecule has 21 heavy (non-hydrogen) atoms. The van der Waals surface area contributed by atoms with Crippen LogP contribution in [0.4, 0.5) is 0 Å². The highest BCUT2D eigenvalue weighted by Crippen LogP contribution is 2.32. The van der Waals surface area contributed by atoms with Crippen molar-refractivity contribution in [2.75, 3.05) is 0 Å². The van der Waals surface area contributed by atoms with Crippen molar-refractivity contribution in [2.45, 2.75) is 24.1 Å². The summed E-state index contributed by atoms with van der Waals surface area (Å²) in [5, 5.41) is 5.65. The van der Waals surface area contributed by atoms with Gasteiger partial charge in [0.15, 0.2) is 6.29 Å². The molecule has 0 bridgehead atoms. The van der Waals surface area contributed by atoms with Crippen molar-refractivity contribution in [3.8, 4) is 5.69 Å². The van der Waals surface area contributed by atoms with Gasteiger partial charge in [0.2, 0.25) is 0 Å². The van der Waals surface area contributed by atoms with Crippen LogP contribution in [0.1, 0.15) is 21.7 Å². The SMILES string of the molecule is Cc1coc(Sc2c(C=O)c(C)nn2-c2ccccc2)n1. The fourth-order valence-electron chi connectivity index (χ4n) is 1.96. The minimum Gasteiger partial charge on any atom is -0.439 e. The number of carbonyl (C=O) groups is 1. The molecule has 0 fully saturated rings. The molecule has 106 valence electrons. The second kappa shape index (κ2) is 5.57. The van der Waals surface area contributed by atoms with E-state index in [1.807, 2.05) is 44.2 Å². The van der Waals surface area contributed by atoms with E-state index in [1.54, 1.807) is 10.9 Å². The standard InChI is InChI=1S/C15H13N3O2S/c1-10-9-20-15(16-10)21-14-13(8-19)11(2)17-18(14)12-6-4-3-5-7-12/h3-9H,1-2H3. The number of rotatable bonds is 4. The van der Waals surface area contributed by atoms with Crippen LogP contribution in [-0.4, -0.2) is 21.1 Å². The van der Waals surface area contributed by atoms with Crippen molar-refractivity contribution in [2.24, 2.45) is 0 Å². The van der Waals surface area contributed by atoms with Crippen molar-refractivity contribution in [3.63, 3.8) is 0 Å². The Hall–Kier alpha value is -2.34. The van der Waals surface area contributed by atoms with Gasteiger partial charge in [0.25, 0.3) is 5.22 Å². The molecule has 6 heteroatoms. The third-order valence-corrected chi connectivity index (χ3v) is 3.91. The molecule has 0 spiro atoms. The van der Waals surface area contributed by atoms with Crippen molar-refractivity contribution < 1.29 is 9.21 Å². The lowest BCUT2D eigenvalue weighted by molar-refractivity contribution is 0.112. The molecular formula is C15H13N3O2S. The quantitative estimate of drug-likeness (QED) is 0.691. The van der Waals surface area contributed by atoms with Gasteiger partial charge in [-0.3, -0.25) is 4.79 Å². The minimum absolute atomic E-state index is 0.493. The van der Waals surface area contributed by atoms with Crippen LogP contribution < -0.4 is 0 Å². The zero-order valence-electron chi connectivity index (χ0n) is 11.6. The third-order valence-electron chi connectivity index (χ3n) is 2.96. The average Bonchev–Trinajstić information content (AvgIpc) is 3.04.